The molecule has 0 saturated heterocycles. The first-order valence-corrected chi connectivity index (χ1v) is 7.77. The zero-order valence-corrected chi connectivity index (χ0v) is 14.2. The first kappa shape index (κ1) is 17.4. The summed E-state index contributed by atoms with van der Waals surface area (Å²) in [5.41, 5.74) is 1.66. The van der Waals surface area contributed by atoms with Crippen LogP contribution in [0.25, 0.3) is 0 Å². The lowest BCUT2D eigenvalue weighted by atomic mass is 10.1. The minimum atomic E-state index is -0.449. The fourth-order valence-electron chi connectivity index (χ4n) is 2.42. The van der Waals surface area contributed by atoms with Gasteiger partial charge in [-0.25, -0.2) is 0 Å². The normalized spacial score (nSPS) is 12.3. The summed E-state index contributed by atoms with van der Waals surface area (Å²) in [4.78, 5) is 12.7. The van der Waals surface area contributed by atoms with E-state index in [0.29, 0.717) is 17.7 Å². The average molecular weight is 324 g/mol. The van der Waals surface area contributed by atoms with Gasteiger partial charge >= 0.3 is 0 Å². The van der Waals surface area contributed by atoms with Crippen LogP contribution in [0.4, 0.5) is 11.4 Å². The third kappa shape index (κ3) is 3.20. The highest BCUT2D eigenvalue weighted by Gasteiger charge is 2.21. The number of aromatic nitrogens is 1. The van der Waals surface area contributed by atoms with Crippen molar-refractivity contribution in [2.24, 2.45) is 10.2 Å². The molecule has 1 unspecified atom stereocenters. The van der Waals surface area contributed by atoms with E-state index in [4.69, 9.17) is 0 Å². The molecule has 1 N–H and O–H groups in total. The van der Waals surface area contributed by atoms with Crippen molar-refractivity contribution in [3.8, 4) is 11.9 Å². The van der Waals surface area contributed by atoms with Crippen LogP contribution in [0.5, 0.6) is 5.88 Å². The SMILES string of the molecule is CCC(C)n1c(O)c(C#N)c(C)c(N=Nc2cccc(C)c2)c1=O. The topological polar surface area (TPSA) is 90.7 Å². The Morgan fingerprint density at radius 1 is 1.33 bits per heavy atom. The molecule has 0 saturated carbocycles. The Bertz CT molecular complexity index is 891. The van der Waals surface area contributed by atoms with Gasteiger partial charge in [0, 0.05) is 11.6 Å². The minimum Gasteiger partial charge on any atom is -0.493 e. The number of nitriles is 1. The van der Waals surface area contributed by atoms with Gasteiger partial charge in [0.05, 0.1) is 5.69 Å². The molecule has 0 amide bonds. The maximum absolute atomic E-state index is 12.7. The van der Waals surface area contributed by atoms with Crippen LogP contribution in [0.15, 0.2) is 39.3 Å². The van der Waals surface area contributed by atoms with Crippen LogP contribution in [-0.2, 0) is 0 Å². The lowest BCUT2D eigenvalue weighted by Gasteiger charge is -2.17. The van der Waals surface area contributed by atoms with Crippen molar-refractivity contribution >= 4 is 11.4 Å². The Morgan fingerprint density at radius 2 is 2.04 bits per heavy atom. The van der Waals surface area contributed by atoms with Crippen molar-refractivity contribution in [2.45, 2.75) is 40.2 Å². The summed E-state index contributed by atoms with van der Waals surface area (Å²) in [6.07, 6.45) is 0.635. The second-order valence-electron chi connectivity index (χ2n) is 5.76. The molecule has 124 valence electrons. The van der Waals surface area contributed by atoms with E-state index in [1.165, 1.54) is 4.57 Å². The quantitative estimate of drug-likeness (QED) is 0.843. The molecule has 0 aliphatic rings. The number of rotatable bonds is 4. The van der Waals surface area contributed by atoms with Gasteiger partial charge in [-0.1, -0.05) is 19.1 Å². The predicted molar refractivity (Wildman–Crippen MR) is 92.2 cm³/mol. The molecule has 1 aromatic carbocycles. The summed E-state index contributed by atoms with van der Waals surface area (Å²) < 4.78 is 1.20. The largest absolute Gasteiger partial charge is 0.493 e. The number of azo groups is 1. The van der Waals surface area contributed by atoms with Crippen molar-refractivity contribution in [3.05, 3.63) is 51.3 Å². The molecular formula is C18H20N4O2. The van der Waals surface area contributed by atoms with Crippen molar-refractivity contribution in [1.82, 2.24) is 4.57 Å². The lowest BCUT2D eigenvalue weighted by molar-refractivity contribution is 0.372. The Morgan fingerprint density at radius 3 is 2.62 bits per heavy atom. The zero-order chi connectivity index (χ0) is 17.9. The smallest absolute Gasteiger partial charge is 0.281 e. The number of aryl methyl sites for hydroxylation is 1. The van der Waals surface area contributed by atoms with E-state index < -0.39 is 5.56 Å². The van der Waals surface area contributed by atoms with Crippen molar-refractivity contribution in [3.63, 3.8) is 0 Å². The average Bonchev–Trinajstić information content (AvgIpc) is 2.55. The van der Waals surface area contributed by atoms with Gasteiger partial charge in [0.25, 0.3) is 5.56 Å². The number of hydrogen-bond donors (Lipinski definition) is 1. The number of pyridine rings is 1. The van der Waals surface area contributed by atoms with E-state index in [1.807, 2.05) is 38.1 Å². The Balaban J connectivity index is 2.66. The van der Waals surface area contributed by atoms with Crippen molar-refractivity contribution in [1.29, 1.82) is 5.26 Å². The molecule has 6 heteroatoms. The summed E-state index contributed by atoms with van der Waals surface area (Å²) in [6.45, 7) is 7.23. The molecule has 0 fully saturated rings. The molecule has 24 heavy (non-hydrogen) atoms. The fraction of sp³-hybridized carbons (Fsp3) is 0.333. The molecule has 1 atom stereocenters. The monoisotopic (exact) mass is 324 g/mol. The van der Waals surface area contributed by atoms with E-state index in [1.54, 1.807) is 19.9 Å². The van der Waals surface area contributed by atoms with Crippen molar-refractivity contribution in [2.75, 3.05) is 0 Å². The highest BCUT2D eigenvalue weighted by molar-refractivity contribution is 5.57. The van der Waals surface area contributed by atoms with Gasteiger partial charge in [-0.05, 0) is 44.9 Å². The van der Waals surface area contributed by atoms with Gasteiger partial charge in [-0.15, -0.1) is 5.11 Å². The van der Waals surface area contributed by atoms with Crippen LogP contribution in [0.1, 0.15) is 43.0 Å². The summed E-state index contributed by atoms with van der Waals surface area (Å²) >= 11 is 0. The van der Waals surface area contributed by atoms with E-state index in [2.05, 4.69) is 10.2 Å². The summed E-state index contributed by atoms with van der Waals surface area (Å²) in [7, 11) is 0. The zero-order valence-electron chi connectivity index (χ0n) is 14.2. The maximum atomic E-state index is 12.7. The number of nitrogens with zero attached hydrogens (tertiary/aromatic N) is 4. The van der Waals surface area contributed by atoms with Gasteiger partial charge in [0.15, 0.2) is 5.69 Å². The first-order valence-electron chi connectivity index (χ1n) is 7.77. The van der Waals surface area contributed by atoms with Crippen LogP contribution in [0.3, 0.4) is 0 Å². The van der Waals surface area contributed by atoms with Gasteiger partial charge in [0.2, 0.25) is 5.88 Å². The van der Waals surface area contributed by atoms with Gasteiger partial charge in [-0.2, -0.15) is 10.4 Å². The molecule has 0 spiro atoms. The summed E-state index contributed by atoms with van der Waals surface area (Å²) in [5, 5.41) is 27.8. The lowest BCUT2D eigenvalue weighted by Crippen LogP contribution is -2.24. The highest BCUT2D eigenvalue weighted by atomic mass is 16.3. The maximum Gasteiger partial charge on any atom is 0.281 e. The molecule has 2 aromatic rings. The van der Waals surface area contributed by atoms with E-state index in [9.17, 15) is 15.2 Å². The van der Waals surface area contributed by atoms with Gasteiger partial charge < -0.3 is 5.11 Å². The van der Waals surface area contributed by atoms with Crippen LogP contribution < -0.4 is 5.56 Å². The Kier molecular flexibility index (Phi) is 5.14. The molecular weight excluding hydrogens is 304 g/mol. The molecule has 1 aromatic heterocycles. The van der Waals surface area contributed by atoms with E-state index in [-0.39, 0.29) is 23.2 Å². The number of aromatic hydroxyl groups is 1. The molecule has 0 bridgehead atoms. The standard InChI is InChI=1S/C18H20N4O2/c1-5-12(3)22-17(23)15(10-19)13(4)16(18(22)24)21-20-14-8-6-7-11(2)9-14/h6-9,12,23H,5H2,1-4H3. The highest BCUT2D eigenvalue weighted by Crippen LogP contribution is 2.29. The molecule has 2 rings (SSSR count). The number of hydrogen-bond acceptors (Lipinski definition) is 5. The second-order valence-corrected chi connectivity index (χ2v) is 5.76. The first-order chi connectivity index (χ1) is 11.4. The number of benzene rings is 1. The minimum absolute atomic E-state index is 0.0492. The molecule has 6 nitrogen and oxygen atoms in total. The van der Waals surface area contributed by atoms with Gasteiger partial charge in [-0.3, -0.25) is 9.36 Å². The Labute approximate surface area is 140 Å². The van der Waals surface area contributed by atoms with Crippen molar-refractivity contribution < 1.29 is 5.11 Å². The van der Waals surface area contributed by atoms with E-state index >= 15 is 0 Å². The Hall–Kier alpha value is -2.94. The third-order valence-electron chi connectivity index (χ3n) is 4.01. The molecule has 0 radical (unpaired) electrons. The third-order valence-corrected chi connectivity index (χ3v) is 4.01. The fourth-order valence-corrected chi connectivity index (χ4v) is 2.42. The van der Waals surface area contributed by atoms with Crippen LogP contribution in [-0.4, -0.2) is 9.67 Å². The predicted octanol–water partition coefficient (Wildman–Crippen LogP) is 4.43. The summed E-state index contributed by atoms with van der Waals surface area (Å²) in [5.74, 6) is -0.316. The van der Waals surface area contributed by atoms with Gasteiger partial charge in [0.1, 0.15) is 11.6 Å². The van der Waals surface area contributed by atoms with E-state index in [0.717, 1.165) is 5.56 Å². The van der Waals surface area contributed by atoms with Crippen LogP contribution >= 0.6 is 0 Å². The van der Waals surface area contributed by atoms with Crippen LogP contribution in [0, 0.1) is 25.2 Å². The summed E-state index contributed by atoms with van der Waals surface area (Å²) in [6, 6.07) is 9.11. The molecule has 1 heterocycles. The molecule has 0 aliphatic carbocycles. The molecule has 0 aliphatic heterocycles. The van der Waals surface area contributed by atoms with Crippen LogP contribution in [0.2, 0.25) is 0 Å². The second kappa shape index (κ2) is 7.09.